The first-order valence-corrected chi connectivity index (χ1v) is 6.16. The van der Waals surface area contributed by atoms with Gasteiger partial charge in [-0.3, -0.25) is 4.55 Å². The predicted molar refractivity (Wildman–Crippen MR) is 52.5 cm³/mol. The molecule has 0 saturated carbocycles. The van der Waals surface area contributed by atoms with Gasteiger partial charge in [0.25, 0.3) is 10.1 Å². The van der Waals surface area contributed by atoms with Crippen LogP contribution in [0.4, 0.5) is 26.3 Å². The third kappa shape index (κ3) is 3.30. The smallest absolute Gasteiger partial charge is 0.282 e. The number of allylic oxidation sites excluding steroid dienone is 3. The van der Waals surface area contributed by atoms with Gasteiger partial charge in [0.15, 0.2) is 0 Å². The van der Waals surface area contributed by atoms with Gasteiger partial charge in [0.1, 0.15) is 0 Å². The summed E-state index contributed by atoms with van der Waals surface area (Å²) in [4.78, 5) is -1.41. The molecular weight excluding hydrogens is 302 g/mol. The van der Waals surface area contributed by atoms with E-state index in [9.17, 15) is 34.8 Å². The number of halogens is 6. The second kappa shape index (κ2) is 4.23. The molecule has 0 aliphatic heterocycles. The molecule has 1 aliphatic carbocycles. The van der Waals surface area contributed by atoms with Gasteiger partial charge in [-0.25, -0.2) is 0 Å². The molecular formula is C9H8F6O3S. The Hall–Kier alpha value is -1.03. The van der Waals surface area contributed by atoms with E-state index in [4.69, 9.17) is 4.55 Å². The molecule has 0 spiro atoms. The van der Waals surface area contributed by atoms with Crippen molar-refractivity contribution in [1.82, 2.24) is 0 Å². The maximum atomic E-state index is 12.7. The number of alkyl halides is 6. The average molecular weight is 310 g/mol. The maximum absolute atomic E-state index is 12.7. The van der Waals surface area contributed by atoms with E-state index in [0.717, 1.165) is 0 Å². The summed E-state index contributed by atoms with van der Waals surface area (Å²) < 4.78 is 106. The highest BCUT2D eigenvalue weighted by atomic mass is 32.2. The highest BCUT2D eigenvalue weighted by molar-refractivity contribution is 7.90. The monoisotopic (exact) mass is 310 g/mol. The van der Waals surface area contributed by atoms with Crippen molar-refractivity contribution >= 4 is 10.1 Å². The zero-order chi connectivity index (χ0) is 15.3. The molecule has 1 aliphatic rings. The summed E-state index contributed by atoms with van der Waals surface area (Å²) in [6.07, 6.45) is -11.6. The highest BCUT2D eigenvalue weighted by Crippen LogP contribution is 2.50. The summed E-state index contributed by atoms with van der Waals surface area (Å²) in [6.45, 7) is 0.427. The van der Waals surface area contributed by atoms with Gasteiger partial charge in [-0.15, -0.1) is 0 Å². The van der Waals surface area contributed by atoms with Crippen LogP contribution in [-0.4, -0.2) is 25.3 Å². The van der Waals surface area contributed by atoms with Crippen LogP contribution in [0.25, 0.3) is 0 Å². The lowest BCUT2D eigenvalue weighted by Gasteiger charge is -2.33. The first-order valence-electron chi connectivity index (χ1n) is 4.72. The predicted octanol–water partition coefficient (Wildman–Crippen LogP) is 3.22. The van der Waals surface area contributed by atoms with Crippen molar-refractivity contribution in [2.75, 3.05) is 0 Å². The van der Waals surface area contributed by atoms with Gasteiger partial charge in [-0.2, -0.15) is 34.8 Å². The van der Waals surface area contributed by atoms with E-state index in [-0.39, 0.29) is 12.2 Å². The Morgan fingerprint density at radius 2 is 1.68 bits per heavy atom. The van der Waals surface area contributed by atoms with Gasteiger partial charge in [-0.05, 0) is 25.5 Å². The Kier molecular flexibility index (Phi) is 3.57. The molecule has 10 heteroatoms. The lowest BCUT2D eigenvalue weighted by atomic mass is 9.79. The van der Waals surface area contributed by atoms with Crippen molar-refractivity contribution in [3.8, 4) is 0 Å². The first-order chi connectivity index (χ1) is 8.17. The van der Waals surface area contributed by atoms with E-state index in [0.29, 0.717) is 6.92 Å². The molecule has 110 valence electrons. The molecule has 0 saturated heterocycles. The van der Waals surface area contributed by atoms with Gasteiger partial charge < -0.3 is 0 Å². The zero-order valence-electron chi connectivity index (χ0n) is 9.30. The van der Waals surface area contributed by atoms with Crippen LogP contribution in [0.15, 0.2) is 22.6 Å². The molecule has 0 aromatic rings. The van der Waals surface area contributed by atoms with Crippen molar-refractivity contribution in [1.29, 1.82) is 0 Å². The van der Waals surface area contributed by atoms with Gasteiger partial charge in [0.2, 0.25) is 0 Å². The fourth-order valence-electron chi connectivity index (χ4n) is 1.54. The minimum absolute atomic E-state index is 0.00280. The first kappa shape index (κ1) is 16.0. The van der Waals surface area contributed by atoms with Gasteiger partial charge in [-0.1, -0.05) is 0 Å². The summed E-state index contributed by atoms with van der Waals surface area (Å²) in [7, 11) is -5.17. The molecule has 1 atom stereocenters. The molecule has 0 fully saturated rings. The second-order valence-electron chi connectivity index (χ2n) is 4.28. The second-order valence-corrected chi connectivity index (χ2v) is 5.70. The summed E-state index contributed by atoms with van der Waals surface area (Å²) in [6, 6.07) is 0. The Bertz CT molecular complexity index is 539. The normalized spacial score (nSPS) is 25.9. The molecule has 0 heterocycles. The largest absolute Gasteiger partial charge is 0.412 e. The fourth-order valence-corrected chi connectivity index (χ4v) is 2.24. The zero-order valence-corrected chi connectivity index (χ0v) is 10.1. The van der Waals surface area contributed by atoms with Crippen molar-refractivity contribution in [2.24, 2.45) is 5.41 Å². The molecule has 0 aromatic heterocycles. The van der Waals surface area contributed by atoms with Crippen LogP contribution in [0.3, 0.4) is 0 Å². The Morgan fingerprint density at radius 3 is 2.00 bits per heavy atom. The van der Waals surface area contributed by atoms with E-state index < -0.39 is 44.8 Å². The van der Waals surface area contributed by atoms with Crippen molar-refractivity contribution in [2.45, 2.75) is 25.7 Å². The SMILES string of the molecule is CC1(C(F)(F)F)C=C(S(=O)(=O)O)C=C(C(F)(F)F)C1. The van der Waals surface area contributed by atoms with E-state index in [1.54, 1.807) is 0 Å². The van der Waals surface area contributed by atoms with E-state index in [1.165, 1.54) is 0 Å². The van der Waals surface area contributed by atoms with Crippen LogP contribution < -0.4 is 0 Å². The molecule has 19 heavy (non-hydrogen) atoms. The van der Waals surface area contributed by atoms with Crippen LogP contribution in [0.2, 0.25) is 0 Å². The Balaban J connectivity index is 3.47. The number of rotatable bonds is 1. The van der Waals surface area contributed by atoms with E-state index in [2.05, 4.69) is 0 Å². The molecule has 0 bridgehead atoms. The summed E-state index contributed by atoms with van der Waals surface area (Å²) in [5.74, 6) is 0. The Morgan fingerprint density at radius 1 is 1.21 bits per heavy atom. The standard InChI is InChI=1S/C9H8F6O3S/c1-7(9(13,14)15)3-5(8(10,11)12)2-6(4-7)19(16,17)18/h2,4H,3H2,1H3,(H,16,17,18). The average Bonchev–Trinajstić information content (AvgIpc) is 2.12. The molecule has 0 radical (unpaired) electrons. The topological polar surface area (TPSA) is 54.4 Å². The lowest BCUT2D eigenvalue weighted by molar-refractivity contribution is -0.204. The van der Waals surface area contributed by atoms with Crippen molar-refractivity contribution < 1.29 is 39.3 Å². The molecule has 0 amide bonds. The van der Waals surface area contributed by atoms with Gasteiger partial charge >= 0.3 is 12.4 Å². The highest BCUT2D eigenvalue weighted by Gasteiger charge is 2.54. The third-order valence-electron chi connectivity index (χ3n) is 2.64. The van der Waals surface area contributed by atoms with E-state index >= 15 is 0 Å². The summed E-state index contributed by atoms with van der Waals surface area (Å²) in [5.41, 5.74) is -4.68. The van der Waals surface area contributed by atoms with Crippen LogP contribution in [-0.2, 0) is 10.1 Å². The van der Waals surface area contributed by atoms with Gasteiger partial charge in [0, 0.05) is 5.57 Å². The molecule has 1 rings (SSSR count). The summed E-state index contributed by atoms with van der Waals surface area (Å²) in [5, 5.41) is 0. The van der Waals surface area contributed by atoms with Crippen molar-refractivity contribution in [3.63, 3.8) is 0 Å². The molecule has 0 aromatic carbocycles. The lowest BCUT2D eigenvalue weighted by Crippen LogP contribution is -2.38. The van der Waals surface area contributed by atoms with Crippen LogP contribution >= 0.6 is 0 Å². The van der Waals surface area contributed by atoms with E-state index in [1.807, 2.05) is 0 Å². The van der Waals surface area contributed by atoms with Crippen molar-refractivity contribution in [3.05, 3.63) is 22.6 Å². The molecule has 1 N–H and O–H groups in total. The molecule has 3 nitrogen and oxygen atoms in total. The fraction of sp³-hybridized carbons (Fsp3) is 0.556. The number of hydrogen-bond acceptors (Lipinski definition) is 2. The van der Waals surface area contributed by atoms with Crippen LogP contribution in [0, 0.1) is 5.41 Å². The Labute approximate surface area is 104 Å². The van der Waals surface area contributed by atoms with Gasteiger partial charge in [0.05, 0.1) is 10.3 Å². The minimum Gasteiger partial charge on any atom is -0.282 e. The third-order valence-corrected chi connectivity index (χ3v) is 3.48. The van der Waals surface area contributed by atoms with Crippen LogP contribution in [0.5, 0.6) is 0 Å². The minimum atomic E-state index is -5.17. The quantitative estimate of drug-likeness (QED) is 0.597. The maximum Gasteiger partial charge on any atom is 0.412 e. The summed E-state index contributed by atoms with van der Waals surface area (Å²) >= 11 is 0. The number of hydrogen-bond donors (Lipinski definition) is 1. The van der Waals surface area contributed by atoms with Crippen LogP contribution in [0.1, 0.15) is 13.3 Å². The molecule has 1 unspecified atom stereocenters.